The predicted molar refractivity (Wildman–Crippen MR) is 108 cm³/mol. The van der Waals surface area contributed by atoms with E-state index >= 15 is 0 Å². The smallest absolute Gasteiger partial charge is 0.261 e. The molecule has 0 aliphatic heterocycles. The minimum atomic E-state index is -3.67. The van der Waals surface area contributed by atoms with Crippen molar-refractivity contribution in [2.24, 2.45) is 0 Å². The Hall–Kier alpha value is -2.83. The van der Waals surface area contributed by atoms with Crippen LogP contribution in [0.1, 0.15) is 15.9 Å². The number of aryl methyl sites for hydroxylation is 1. The van der Waals surface area contributed by atoms with Crippen molar-refractivity contribution in [2.45, 2.75) is 11.8 Å². The minimum Gasteiger partial charge on any atom is -0.322 e. The fourth-order valence-electron chi connectivity index (χ4n) is 2.39. The van der Waals surface area contributed by atoms with E-state index in [1.54, 1.807) is 72.8 Å². The summed E-state index contributed by atoms with van der Waals surface area (Å²) < 4.78 is 27.3. The van der Waals surface area contributed by atoms with Crippen molar-refractivity contribution >= 4 is 38.9 Å². The van der Waals surface area contributed by atoms with Gasteiger partial charge in [0.25, 0.3) is 15.9 Å². The standard InChI is InChI=1S/C20H17ClN2O3S/c1-14-5-11-19(12-6-14)27(25,26)23-18-9-7-17(8-10-18)22-20(24)15-3-2-4-16(21)13-15/h2-13,23H,1H3,(H,22,24). The van der Waals surface area contributed by atoms with Crippen LogP contribution in [-0.2, 0) is 10.0 Å². The molecule has 5 nitrogen and oxygen atoms in total. The molecule has 0 radical (unpaired) electrons. The van der Waals surface area contributed by atoms with Gasteiger partial charge in [0.1, 0.15) is 0 Å². The summed E-state index contributed by atoms with van der Waals surface area (Å²) in [6.07, 6.45) is 0. The molecule has 3 aromatic rings. The first-order valence-electron chi connectivity index (χ1n) is 8.10. The van der Waals surface area contributed by atoms with E-state index in [1.165, 1.54) is 0 Å². The van der Waals surface area contributed by atoms with Crippen molar-refractivity contribution in [3.63, 3.8) is 0 Å². The van der Waals surface area contributed by atoms with Crippen molar-refractivity contribution in [3.8, 4) is 0 Å². The summed E-state index contributed by atoms with van der Waals surface area (Å²) in [5.74, 6) is -0.300. The molecule has 0 aromatic heterocycles. The monoisotopic (exact) mass is 400 g/mol. The third kappa shape index (κ3) is 4.87. The molecule has 2 N–H and O–H groups in total. The van der Waals surface area contributed by atoms with E-state index in [9.17, 15) is 13.2 Å². The van der Waals surface area contributed by atoms with Crippen LogP contribution in [0.25, 0.3) is 0 Å². The maximum atomic E-state index is 12.4. The van der Waals surface area contributed by atoms with Gasteiger partial charge >= 0.3 is 0 Å². The Morgan fingerprint density at radius 2 is 1.52 bits per heavy atom. The van der Waals surface area contributed by atoms with Gasteiger partial charge in [0, 0.05) is 22.0 Å². The van der Waals surface area contributed by atoms with Crippen molar-refractivity contribution in [2.75, 3.05) is 10.0 Å². The lowest BCUT2D eigenvalue weighted by Crippen LogP contribution is -2.13. The number of anilines is 2. The fourth-order valence-corrected chi connectivity index (χ4v) is 3.63. The molecular weight excluding hydrogens is 384 g/mol. The SMILES string of the molecule is Cc1ccc(S(=O)(=O)Nc2ccc(NC(=O)c3cccc(Cl)c3)cc2)cc1. The van der Waals surface area contributed by atoms with Gasteiger partial charge in [0.2, 0.25) is 0 Å². The van der Waals surface area contributed by atoms with Crippen LogP contribution in [-0.4, -0.2) is 14.3 Å². The minimum absolute atomic E-state index is 0.187. The molecule has 3 rings (SSSR count). The summed E-state index contributed by atoms with van der Waals surface area (Å²) in [5.41, 5.74) is 2.36. The summed E-state index contributed by atoms with van der Waals surface area (Å²) in [5, 5.41) is 3.21. The van der Waals surface area contributed by atoms with Gasteiger partial charge in [-0.2, -0.15) is 0 Å². The van der Waals surface area contributed by atoms with Crippen molar-refractivity contribution in [1.29, 1.82) is 0 Å². The maximum absolute atomic E-state index is 12.4. The van der Waals surface area contributed by atoms with Gasteiger partial charge < -0.3 is 5.32 Å². The number of sulfonamides is 1. The summed E-state index contributed by atoms with van der Waals surface area (Å²) in [7, 11) is -3.67. The van der Waals surface area contributed by atoms with Crippen LogP contribution in [0, 0.1) is 6.92 Å². The van der Waals surface area contributed by atoms with Gasteiger partial charge in [0.15, 0.2) is 0 Å². The highest BCUT2D eigenvalue weighted by Crippen LogP contribution is 2.20. The molecule has 138 valence electrons. The number of benzene rings is 3. The second-order valence-corrected chi connectivity index (χ2v) is 8.08. The highest BCUT2D eigenvalue weighted by molar-refractivity contribution is 7.92. The van der Waals surface area contributed by atoms with Crippen LogP contribution in [0.4, 0.5) is 11.4 Å². The van der Waals surface area contributed by atoms with Crippen LogP contribution in [0.2, 0.25) is 5.02 Å². The predicted octanol–water partition coefficient (Wildman–Crippen LogP) is 4.70. The lowest BCUT2D eigenvalue weighted by molar-refractivity contribution is 0.102. The molecule has 3 aromatic carbocycles. The molecule has 0 saturated carbocycles. The molecular formula is C20H17ClN2O3S. The second-order valence-electron chi connectivity index (χ2n) is 5.96. The Kier molecular flexibility index (Phi) is 5.48. The zero-order chi connectivity index (χ0) is 19.4. The molecule has 1 amide bonds. The molecule has 0 saturated heterocycles. The summed E-state index contributed by atoms with van der Waals surface area (Å²) in [4.78, 5) is 12.4. The lowest BCUT2D eigenvalue weighted by atomic mass is 10.2. The number of nitrogens with one attached hydrogen (secondary N) is 2. The topological polar surface area (TPSA) is 75.3 Å². The molecule has 0 aliphatic rings. The third-order valence-corrected chi connectivity index (χ3v) is 5.45. The molecule has 0 spiro atoms. The number of amides is 1. The van der Waals surface area contributed by atoms with Crippen LogP contribution in [0.15, 0.2) is 77.7 Å². The first-order chi connectivity index (χ1) is 12.8. The second kappa shape index (κ2) is 7.82. The third-order valence-electron chi connectivity index (χ3n) is 3.81. The molecule has 0 heterocycles. The highest BCUT2D eigenvalue weighted by Gasteiger charge is 2.14. The maximum Gasteiger partial charge on any atom is 0.261 e. The van der Waals surface area contributed by atoms with Crippen LogP contribution in [0.5, 0.6) is 0 Å². The van der Waals surface area contributed by atoms with E-state index in [4.69, 9.17) is 11.6 Å². The number of hydrogen-bond donors (Lipinski definition) is 2. The van der Waals surface area contributed by atoms with Crippen molar-refractivity contribution in [1.82, 2.24) is 0 Å². The number of halogens is 1. The average Bonchev–Trinajstić information content (AvgIpc) is 2.63. The zero-order valence-corrected chi connectivity index (χ0v) is 16.0. The van der Waals surface area contributed by atoms with Crippen LogP contribution in [0.3, 0.4) is 0 Å². The lowest BCUT2D eigenvalue weighted by Gasteiger charge is -2.10. The van der Waals surface area contributed by atoms with Gasteiger partial charge in [-0.15, -0.1) is 0 Å². The zero-order valence-electron chi connectivity index (χ0n) is 14.4. The van der Waals surface area contributed by atoms with E-state index < -0.39 is 10.0 Å². The fraction of sp³-hybridized carbons (Fsp3) is 0.0500. The van der Waals surface area contributed by atoms with Crippen LogP contribution >= 0.6 is 11.6 Å². The normalized spacial score (nSPS) is 11.0. The number of carbonyl (C=O) groups excluding carboxylic acids is 1. The molecule has 0 unspecified atom stereocenters. The van der Waals surface area contributed by atoms with E-state index in [1.807, 2.05) is 6.92 Å². The van der Waals surface area contributed by atoms with Gasteiger partial charge in [-0.05, 0) is 61.5 Å². The number of hydrogen-bond acceptors (Lipinski definition) is 3. The first-order valence-corrected chi connectivity index (χ1v) is 9.96. The highest BCUT2D eigenvalue weighted by atomic mass is 35.5. The molecule has 0 fully saturated rings. The Labute approximate surface area is 163 Å². The van der Waals surface area contributed by atoms with Crippen molar-refractivity contribution in [3.05, 3.63) is 88.9 Å². The van der Waals surface area contributed by atoms with E-state index in [-0.39, 0.29) is 10.8 Å². The van der Waals surface area contributed by atoms with Crippen LogP contribution < -0.4 is 10.0 Å². The van der Waals surface area contributed by atoms with E-state index in [2.05, 4.69) is 10.0 Å². The number of carbonyl (C=O) groups is 1. The van der Waals surface area contributed by atoms with E-state index in [0.29, 0.717) is 22.0 Å². The summed E-state index contributed by atoms with van der Waals surface area (Å²) in [6, 6.07) is 19.6. The summed E-state index contributed by atoms with van der Waals surface area (Å²) >= 11 is 5.89. The van der Waals surface area contributed by atoms with Gasteiger partial charge in [-0.3, -0.25) is 9.52 Å². The van der Waals surface area contributed by atoms with Gasteiger partial charge in [-0.1, -0.05) is 35.4 Å². The Bertz CT molecular complexity index is 1060. The van der Waals surface area contributed by atoms with Crippen molar-refractivity contribution < 1.29 is 13.2 Å². The molecule has 0 atom stereocenters. The average molecular weight is 401 g/mol. The van der Waals surface area contributed by atoms with E-state index in [0.717, 1.165) is 5.56 Å². The first kappa shape index (κ1) is 18.9. The molecule has 27 heavy (non-hydrogen) atoms. The Morgan fingerprint density at radius 3 is 2.15 bits per heavy atom. The Morgan fingerprint density at radius 1 is 0.889 bits per heavy atom. The molecule has 0 bridgehead atoms. The number of rotatable bonds is 5. The molecule has 7 heteroatoms. The summed E-state index contributed by atoms with van der Waals surface area (Å²) in [6.45, 7) is 1.89. The quantitative estimate of drug-likeness (QED) is 0.651. The molecule has 0 aliphatic carbocycles. The van der Waals surface area contributed by atoms with Gasteiger partial charge in [0.05, 0.1) is 4.90 Å². The largest absolute Gasteiger partial charge is 0.322 e. The Balaban J connectivity index is 1.70. The van der Waals surface area contributed by atoms with Gasteiger partial charge in [-0.25, -0.2) is 8.42 Å².